The van der Waals surface area contributed by atoms with E-state index in [1.54, 1.807) is 35.1 Å². The van der Waals surface area contributed by atoms with Gasteiger partial charge in [-0.05, 0) is 24.3 Å². The number of hydrogen-bond donors (Lipinski definition) is 0. The molecular formula is C27H22N4O3. The van der Waals surface area contributed by atoms with E-state index >= 15 is 0 Å². The number of amides is 1. The molecule has 7 nitrogen and oxygen atoms in total. The minimum Gasteiger partial charge on any atom is -0.452 e. The summed E-state index contributed by atoms with van der Waals surface area (Å²) in [7, 11) is 0. The van der Waals surface area contributed by atoms with E-state index in [4.69, 9.17) is 10.00 Å². The van der Waals surface area contributed by atoms with E-state index in [0.717, 1.165) is 11.3 Å². The van der Waals surface area contributed by atoms with Gasteiger partial charge in [0.2, 0.25) is 0 Å². The maximum atomic E-state index is 13.1. The van der Waals surface area contributed by atoms with Crippen LogP contribution in [-0.4, -0.2) is 34.8 Å². The number of hydrogen-bond acceptors (Lipinski definition) is 5. The van der Waals surface area contributed by atoms with E-state index in [1.165, 1.54) is 4.90 Å². The summed E-state index contributed by atoms with van der Waals surface area (Å²) in [5.41, 5.74) is 2.91. The van der Waals surface area contributed by atoms with Crippen LogP contribution < -0.4 is 4.90 Å². The van der Waals surface area contributed by atoms with E-state index in [0.29, 0.717) is 11.4 Å². The smallest absolute Gasteiger partial charge is 0.342 e. The topological polar surface area (TPSA) is 88.2 Å². The van der Waals surface area contributed by atoms with Gasteiger partial charge in [0.05, 0.1) is 18.2 Å². The van der Waals surface area contributed by atoms with Gasteiger partial charge in [-0.2, -0.15) is 10.4 Å². The lowest BCUT2D eigenvalue weighted by Crippen LogP contribution is -2.35. The highest BCUT2D eigenvalue weighted by molar-refractivity contribution is 5.99. The molecule has 0 fully saturated rings. The van der Waals surface area contributed by atoms with Gasteiger partial charge >= 0.3 is 5.97 Å². The second-order valence-electron chi connectivity index (χ2n) is 7.40. The van der Waals surface area contributed by atoms with Gasteiger partial charge in [-0.3, -0.25) is 4.79 Å². The molecule has 0 atom stereocenters. The number of aromatic nitrogens is 2. The molecule has 4 rings (SSSR count). The Balaban J connectivity index is 1.57. The van der Waals surface area contributed by atoms with E-state index in [1.807, 2.05) is 72.8 Å². The summed E-state index contributed by atoms with van der Waals surface area (Å²) in [5.74, 6) is -1.06. The summed E-state index contributed by atoms with van der Waals surface area (Å²) in [4.78, 5) is 27.4. The maximum absolute atomic E-state index is 13.1. The lowest BCUT2D eigenvalue weighted by molar-refractivity contribution is -0.121. The Morgan fingerprint density at radius 2 is 1.53 bits per heavy atom. The molecule has 7 heteroatoms. The molecule has 0 saturated heterocycles. The number of ether oxygens (including phenoxy) is 1. The Bertz CT molecular complexity index is 1300. The van der Waals surface area contributed by atoms with Crippen LogP contribution in [0.5, 0.6) is 0 Å². The number of anilines is 1. The SMILES string of the molecule is N#CCCN(C(=O)COC(=O)c1cn(-c2ccccc2)nc1-c1ccccc1)c1ccccc1. The minimum absolute atomic E-state index is 0.163. The van der Waals surface area contributed by atoms with Crippen molar-refractivity contribution in [3.63, 3.8) is 0 Å². The summed E-state index contributed by atoms with van der Waals surface area (Å²) >= 11 is 0. The maximum Gasteiger partial charge on any atom is 0.342 e. The molecule has 1 heterocycles. The highest BCUT2D eigenvalue weighted by atomic mass is 16.5. The average molecular weight is 450 g/mol. The van der Waals surface area contributed by atoms with Gasteiger partial charge in [0.1, 0.15) is 11.3 Å². The molecular weight excluding hydrogens is 428 g/mol. The summed E-state index contributed by atoms with van der Waals surface area (Å²) < 4.78 is 7.03. The molecule has 0 aliphatic rings. The summed E-state index contributed by atoms with van der Waals surface area (Å²) in [6.45, 7) is -0.248. The van der Waals surface area contributed by atoms with Gasteiger partial charge in [-0.25, -0.2) is 9.48 Å². The summed E-state index contributed by atoms with van der Waals surface area (Å²) in [5, 5.41) is 13.6. The molecule has 34 heavy (non-hydrogen) atoms. The molecule has 0 aliphatic carbocycles. The Labute approximate surface area is 197 Å². The molecule has 0 aliphatic heterocycles. The van der Waals surface area contributed by atoms with Gasteiger partial charge in [0.15, 0.2) is 6.61 Å². The molecule has 168 valence electrons. The van der Waals surface area contributed by atoms with E-state index in [2.05, 4.69) is 5.10 Å². The van der Waals surface area contributed by atoms with E-state index in [-0.39, 0.29) is 18.5 Å². The van der Waals surface area contributed by atoms with Gasteiger partial charge in [0, 0.05) is 24.0 Å². The summed E-state index contributed by atoms with van der Waals surface area (Å²) in [6.07, 6.45) is 1.77. The molecule has 0 radical (unpaired) electrons. The van der Waals surface area contributed by atoms with E-state index in [9.17, 15) is 9.59 Å². The van der Waals surface area contributed by atoms with Crippen LogP contribution in [0.2, 0.25) is 0 Å². The molecule has 1 amide bonds. The summed E-state index contributed by atoms with van der Waals surface area (Å²) in [6, 6.07) is 29.8. The molecule has 4 aromatic rings. The molecule has 1 aromatic heterocycles. The molecule has 3 aromatic carbocycles. The first kappa shape index (κ1) is 22.5. The lowest BCUT2D eigenvalue weighted by Gasteiger charge is -2.21. The van der Waals surface area contributed by atoms with Crippen molar-refractivity contribution >= 4 is 17.6 Å². The fourth-order valence-electron chi connectivity index (χ4n) is 3.50. The zero-order valence-corrected chi connectivity index (χ0v) is 18.4. The number of rotatable bonds is 8. The molecule has 0 spiro atoms. The van der Waals surface area contributed by atoms with Crippen molar-refractivity contribution < 1.29 is 14.3 Å². The van der Waals surface area contributed by atoms with Crippen molar-refractivity contribution in [1.29, 1.82) is 5.26 Å². The number of carbonyl (C=O) groups is 2. The molecule has 0 N–H and O–H groups in total. The highest BCUT2D eigenvalue weighted by Gasteiger charge is 2.23. The third-order valence-electron chi connectivity index (χ3n) is 5.14. The zero-order valence-electron chi connectivity index (χ0n) is 18.4. The molecule has 0 bridgehead atoms. The first-order valence-corrected chi connectivity index (χ1v) is 10.8. The number of esters is 1. The van der Waals surface area contributed by atoms with Crippen molar-refractivity contribution in [1.82, 2.24) is 9.78 Å². The van der Waals surface area contributed by atoms with Gasteiger partial charge in [-0.1, -0.05) is 66.7 Å². The van der Waals surface area contributed by atoms with Gasteiger partial charge < -0.3 is 9.64 Å². The van der Waals surface area contributed by atoms with Crippen molar-refractivity contribution in [3.05, 3.63) is 103 Å². The van der Waals surface area contributed by atoms with Crippen LogP contribution in [0.1, 0.15) is 16.8 Å². The van der Waals surface area contributed by atoms with Crippen LogP contribution in [0.4, 0.5) is 5.69 Å². The van der Waals surface area contributed by atoms with Gasteiger partial charge in [-0.15, -0.1) is 0 Å². The lowest BCUT2D eigenvalue weighted by atomic mass is 10.1. The van der Waals surface area contributed by atoms with Crippen LogP contribution in [-0.2, 0) is 9.53 Å². The van der Waals surface area contributed by atoms with Crippen LogP contribution in [0.15, 0.2) is 97.2 Å². The quantitative estimate of drug-likeness (QED) is 0.365. The van der Waals surface area contributed by atoms with Crippen molar-refractivity contribution in [2.24, 2.45) is 0 Å². The zero-order chi connectivity index (χ0) is 23.8. The first-order valence-electron chi connectivity index (χ1n) is 10.8. The second-order valence-corrected chi connectivity index (χ2v) is 7.40. The highest BCUT2D eigenvalue weighted by Crippen LogP contribution is 2.24. The Kier molecular flexibility index (Phi) is 7.11. The third kappa shape index (κ3) is 5.19. The fraction of sp³-hybridized carbons (Fsp3) is 0.111. The van der Waals surface area contributed by atoms with E-state index < -0.39 is 18.5 Å². The number of nitriles is 1. The van der Waals surface area contributed by atoms with Crippen LogP contribution in [0.3, 0.4) is 0 Å². The fourth-order valence-corrected chi connectivity index (χ4v) is 3.50. The second kappa shape index (κ2) is 10.7. The Morgan fingerprint density at radius 3 is 2.18 bits per heavy atom. The number of nitrogens with zero attached hydrogens (tertiary/aromatic N) is 4. The third-order valence-corrected chi connectivity index (χ3v) is 5.14. The predicted molar refractivity (Wildman–Crippen MR) is 128 cm³/mol. The minimum atomic E-state index is -0.650. The van der Waals surface area contributed by atoms with Crippen molar-refractivity contribution in [2.45, 2.75) is 6.42 Å². The normalized spacial score (nSPS) is 10.3. The first-order chi connectivity index (χ1) is 16.7. The van der Waals surface area contributed by atoms with Crippen molar-refractivity contribution in [2.75, 3.05) is 18.1 Å². The average Bonchev–Trinajstić information content (AvgIpc) is 3.35. The monoisotopic (exact) mass is 450 g/mol. The van der Waals surface area contributed by atoms with Crippen molar-refractivity contribution in [3.8, 4) is 23.0 Å². The standard InChI is InChI=1S/C27H22N4O3/c28-17-10-18-30(22-13-6-2-7-14-22)25(32)20-34-27(33)24-19-31(23-15-8-3-9-16-23)29-26(24)21-11-4-1-5-12-21/h1-9,11-16,19H,10,18,20H2. The predicted octanol–water partition coefficient (Wildman–Crippen LogP) is 4.64. The molecule has 0 saturated carbocycles. The number of para-hydroxylation sites is 2. The largest absolute Gasteiger partial charge is 0.452 e. The van der Waals surface area contributed by atoms with Crippen LogP contribution in [0, 0.1) is 11.3 Å². The van der Waals surface area contributed by atoms with Crippen LogP contribution >= 0.6 is 0 Å². The Hall–Kier alpha value is -4.70. The van der Waals surface area contributed by atoms with Crippen LogP contribution in [0.25, 0.3) is 16.9 Å². The number of benzene rings is 3. The molecule has 0 unspecified atom stereocenters. The number of carbonyl (C=O) groups excluding carboxylic acids is 2. The van der Waals surface area contributed by atoms with Gasteiger partial charge in [0.25, 0.3) is 5.91 Å². The Morgan fingerprint density at radius 1 is 0.912 bits per heavy atom.